The fourth-order valence-electron chi connectivity index (χ4n) is 3.18. The summed E-state index contributed by atoms with van der Waals surface area (Å²) in [6.07, 6.45) is 2.98. The Morgan fingerprint density at radius 1 is 1.18 bits per heavy atom. The van der Waals surface area contributed by atoms with Crippen LogP contribution in [0, 0.1) is 5.92 Å². The molecule has 0 radical (unpaired) electrons. The van der Waals surface area contributed by atoms with E-state index in [2.05, 4.69) is 11.4 Å². The smallest absolute Gasteiger partial charge is 0.226 e. The first kappa shape index (κ1) is 14.6. The van der Waals surface area contributed by atoms with E-state index in [9.17, 15) is 4.79 Å². The molecule has 2 heterocycles. The number of amides is 1. The van der Waals surface area contributed by atoms with Gasteiger partial charge >= 0.3 is 0 Å². The van der Waals surface area contributed by atoms with Crippen LogP contribution in [0.3, 0.4) is 0 Å². The van der Waals surface area contributed by atoms with E-state index in [-0.39, 0.29) is 17.9 Å². The van der Waals surface area contributed by atoms with Crippen LogP contribution in [0.1, 0.15) is 34.9 Å². The van der Waals surface area contributed by atoms with Gasteiger partial charge in [-0.25, -0.2) is 0 Å². The van der Waals surface area contributed by atoms with Gasteiger partial charge in [-0.15, -0.1) is 11.3 Å². The molecule has 1 saturated carbocycles. The molecule has 1 atom stereocenters. The van der Waals surface area contributed by atoms with Gasteiger partial charge in [0.15, 0.2) is 0 Å². The minimum atomic E-state index is -0.0760. The number of nitrogens with zero attached hydrogens (tertiary/aromatic N) is 1. The lowest BCUT2D eigenvalue weighted by molar-refractivity contribution is -0.134. The van der Waals surface area contributed by atoms with Crippen LogP contribution in [0.4, 0.5) is 0 Å². The third-order valence-electron chi connectivity index (χ3n) is 4.43. The summed E-state index contributed by atoms with van der Waals surface area (Å²) in [5.74, 6) is 0.488. The van der Waals surface area contributed by atoms with Gasteiger partial charge in [0.05, 0.1) is 6.04 Å². The second-order valence-electron chi connectivity index (χ2n) is 5.92. The highest BCUT2D eigenvalue weighted by Crippen LogP contribution is 2.43. The summed E-state index contributed by atoms with van der Waals surface area (Å²) < 4.78 is 0. The standard InChI is InChI=1S/C17H15Cl2NOS/c18-11-3-4-12(14(19)9-11)16-13-6-8-22-15(13)5-7-20(16)17(21)10-1-2-10/h3-4,6,8-10,16H,1-2,5,7H2/t16-/m0/s1. The zero-order valence-electron chi connectivity index (χ0n) is 11.9. The van der Waals surface area contributed by atoms with Crippen LogP contribution in [0.25, 0.3) is 0 Å². The van der Waals surface area contributed by atoms with Gasteiger partial charge in [-0.05, 0) is 54.0 Å². The molecule has 1 aromatic carbocycles. The van der Waals surface area contributed by atoms with Crippen molar-refractivity contribution in [3.8, 4) is 0 Å². The number of halogens is 2. The number of thiophene rings is 1. The van der Waals surface area contributed by atoms with Crippen molar-refractivity contribution in [2.24, 2.45) is 5.92 Å². The van der Waals surface area contributed by atoms with Crippen molar-refractivity contribution in [3.05, 3.63) is 55.7 Å². The summed E-state index contributed by atoms with van der Waals surface area (Å²) in [6, 6.07) is 7.62. The fourth-order valence-corrected chi connectivity index (χ4v) is 4.59. The minimum absolute atomic E-state index is 0.0760. The second-order valence-corrected chi connectivity index (χ2v) is 7.77. The number of carbonyl (C=O) groups excluding carboxylic acids is 1. The van der Waals surface area contributed by atoms with Gasteiger partial charge in [0.2, 0.25) is 5.91 Å². The lowest BCUT2D eigenvalue weighted by Gasteiger charge is -2.37. The molecule has 1 amide bonds. The molecule has 0 bridgehead atoms. The van der Waals surface area contributed by atoms with Crippen LogP contribution in [0.15, 0.2) is 29.6 Å². The van der Waals surface area contributed by atoms with Crippen molar-refractivity contribution in [2.75, 3.05) is 6.54 Å². The summed E-state index contributed by atoms with van der Waals surface area (Å²) in [4.78, 5) is 16.1. The van der Waals surface area contributed by atoms with Crippen LogP contribution in [0.5, 0.6) is 0 Å². The van der Waals surface area contributed by atoms with Crippen molar-refractivity contribution in [1.29, 1.82) is 0 Å². The average Bonchev–Trinajstić information content (AvgIpc) is 3.23. The van der Waals surface area contributed by atoms with Gasteiger partial charge in [0.25, 0.3) is 0 Å². The van der Waals surface area contributed by atoms with Crippen LogP contribution in [-0.2, 0) is 11.2 Å². The largest absolute Gasteiger partial charge is 0.331 e. The SMILES string of the molecule is O=C(C1CC1)N1CCc2sccc2[C@@H]1c1ccc(Cl)cc1Cl. The van der Waals surface area contributed by atoms with E-state index in [0.717, 1.165) is 31.4 Å². The van der Waals surface area contributed by atoms with Crippen LogP contribution in [-0.4, -0.2) is 17.4 Å². The normalized spacial score (nSPS) is 20.8. The Hall–Kier alpha value is -1.03. The van der Waals surface area contributed by atoms with Crippen LogP contribution in [0.2, 0.25) is 10.0 Å². The second kappa shape index (κ2) is 5.55. The molecule has 0 unspecified atom stereocenters. The number of hydrogen-bond acceptors (Lipinski definition) is 2. The zero-order chi connectivity index (χ0) is 15.3. The van der Waals surface area contributed by atoms with Gasteiger partial charge in [-0.1, -0.05) is 29.3 Å². The maximum atomic E-state index is 12.7. The third kappa shape index (κ3) is 2.45. The fraction of sp³-hybridized carbons (Fsp3) is 0.353. The maximum absolute atomic E-state index is 12.7. The molecule has 1 aliphatic heterocycles. The van der Waals surface area contributed by atoms with Crippen molar-refractivity contribution < 1.29 is 4.79 Å². The summed E-state index contributed by atoms with van der Waals surface area (Å²) in [5.41, 5.74) is 2.19. The van der Waals surface area contributed by atoms with Gasteiger partial charge < -0.3 is 4.90 Å². The Bertz CT molecular complexity index is 738. The molecule has 4 rings (SSSR count). The topological polar surface area (TPSA) is 20.3 Å². The van der Waals surface area contributed by atoms with Gasteiger partial charge in [0.1, 0.15) is 0 Å². The highest BCUT2D eigenvalue weighted by atomic mass is 35.5. The molecule has 22 heavy (non-hydrogen) atoms. The van der Waals surface area contributed by atoms with E-state index in [1.54, 1.807) is 17.4 Å². The predicted molar refractivity (Wildman–Crippen MR) is 90.8 cm³/mol. The summed E-state index contributed by atoms with van der Waals surface area (Å²) in [7, 11) is 0. The highest BCUT2D eigenvalue weighted by Gasteiger charge is 2.40. The summed E-state index contributed by atoms with van der Waals surface area (Å²) in [5, 5.41) is 3.35. The van der Waals surface area contributed by atoms with Crippen LogP contribution >= 0.6 is 34.5 Å². The number of fused-ring (bicyclic) bond motifs is 1. The van der Waals surface area contributed by atoms with Crippen LogP contribution < -0.4 is 0 Å². The van der Waals surface area contributed by atoms with Gasteiger partial charge in [0, 0.05) is 27.4 Å². The lowest BCUT2D eigenvalue weighted by Crippen LogP contribution is -2.41. The zero-order valence-corrected chi connectivity index (χ0v) is 14.2. The van der Waals surface area contributed by atoms with E-state index >= 15 is 0 Å². The first-order valence-corrected chi connectivity index (χ1v) is 9.10. The monoisotopic (exact) mass is 351 g/mol. The van der Waals surface area contributed by atoms with Gasteiger partial charge in [-0.3, -0.25) is 4.79 Å². The number of carbonyl (C=O) groups is 1. The molecule has 0 saturated heterocycles. The first-order valence-electron chi connectivity index (χ1n) is 7.47. The molecule has 2 nitrogen and oxygen atoms in total. The van der Waals surface area contributed by atoms with E-state index in [4.69, 9.17) is 23.2 Å². The Balaban J connectivity index is 1.81. The number of rotatable bonds is 2. The number of benzene rings is 1. The molecular formula is C17H15Cl2NOS. The van der Waals surface area contributed by atoms with Crippen molar-refractivity contribution >= 4 is 40.4 Å². The molecule has 2 aliphatic rings. The highest BCUT2D eigenvalue weighted by molar-refractivity contribution is 7.10. The number of hydrogen-bond donors (Lipinski definition) is 0. The van der Waals surface area contributed by atoms with E-state index in [1.165, 1.54) is 10.4 Å². The van der Waals surface area contributed by atoms with Crippen molar-refractivity contribution in [3.63, 3.8) is 0 Å². The summed E-state index contributed by atoms with van der Waals surface area (Å²) >= 11 is 14.2. The molecular weight excluding hydrogens is 337 g/mol. The van der Waals surface area contributed by atoms with E-state index in [0.29, 0.717) is 10.0 Å². The molecule has 1 fully saturated rings. The first-order chi connectivity index (χ1) is 10.6. The average molecular weight is 352 g/mol. The Labute approximate surface area is 143 Å². The quantitative estimate of drug-likeness (QED) is 0.750. The molecule has 5 heteroatoms. The Morgan fingerprint density at radius 3 is 2.73 bits per heavy atom. The van der Waals surface area contributed by atoms with Gasteiger partial charge in [-0.2, -0.15) is 0 Å². The Kier molecular flexibility index (Phi) is 3.67. The molecule has 0 spiro atoms. The lowest BCUT2D eigenvalue weighted by atomic mass is 9.92. The minimum Gasteiger partial charge on any atom is -0.331 e. The van der Waals surface area contributed by atoms with Crippen molar-refractivity contribution in [2.45, 2.75) is 25.3 Å². The molecule has 114 valence electrons. The molecule has 1 aliphatic carbocycles. The van der Waals surface area contributed by atoms with E-state index in [1.807, 2.05) is 17.0 Å². The van der Waals surface area contributed by atoms with Crippen molar-refractivity contribution in [1.82, 2.24) is 4.90 Å². The summed E-state index contributed by atoms with van der Waals surface area (Å²) in [6.45, 7) is 0.770. The molecule has 0 N–H and O–H groups in total. The predicted octanol–water partition coefficient (Wildman–Crippen LogP) is 4.94. The Morgan fingerprint density at radius 2 is 2.00 bits per heavy atom. The third-order valence-corrected chi connectivity index (χ3v) is 5.99. The maximum Gasteiger partial charge on any atom is 0.226 e. The molecule has 1 aromatic heterocycles. The molecule has 2 aromatic rings. The van der Waals surface area contributed by atoms with E-state index < -0.39 is 0 Å².